The highest BCUT2D eigenvalue weighted by Crippen LogP contribution is 2.15. The van der Waals surface area contributed by atoms with Crippen LogP contribution in [-0.4, -0.2) is 15.6 Å². The summed E-state index contributed by atoms with van der Waals surface area (Å²) in [5.74, 6) is 0.0272. The minimum absolute atomic E-state index is 0.243. The van der Waals surface area contributed by atoms with E-state index in [1.807, 2.05) is 0 Å². The minimum atomic E-state index is -0.718. The van der Waals surface area contributed by atoms with Crippen LogP contribution in [0, 0.1) is 0 Å². The van der Waals surface area contributed by atoms with E-state index in [-0.39, 0.29) is 11.5 Å². The van der Waals surface area contributed by atoms with Gasteiger partial charge in [-0.15, -0.1) is 0 Å². The molecule has 2 N–H and O–H groups in total. The fourth-order valence-corrected chi connectivity index (χ4v) is 1.32. The van der Waals surface area contributed by atoms with Crippen LogP contribution >= 0.6 is 0 Å². The number of carbonyl (C=O) groups excluding carboxylic acids is 1. The van der Waals surface area contributed by atoms with Crippen molar-refractivity contribution in [1.82, 2.24) is 9.78 Å². The molecule has 15 heavy (non-hydrogen) atoms. The van der Waals surface area contributed by atoms with Gasteiger partial charge in [-0.2, -0.15) is 5.10 Å². The molecule has 78 valence electrons. The van der Waals surface area contributed by atoms with E-state index < -0.39 is 6.04 Å². The van der Waals surface area contributed by atoms with Gasteiger partial charge in [0.2, 0.25) is 5.78 Å². The van der Waals surface area contributed by atoms with Gasteiger partial charge in [0, 0.05) is 18.8 Å². The fourth-order valence-electron chi connectivity index (χ4n) is 1.32. The molecule has 2 aromatic heterocycles. The normalized spacial score (nSPS) is 12.7. The highest BCUT2D eigenvalue weighted by molar-refractivity contribution is 5.98. The summed E-state index contributed by atoms with van der Waals surface area (Å²) >= 11 is 0. The first-order valence-electron chi connectivity index (χ1n) is 4.50. The second kappa shape index (κ2) is 3.70. The van der Waals surface area contributed by atoms with Crippen LogP contribution in [0.25, 0.3) is 0 Å². The summed E-state index contributed by atoms with van der Waals surface area (Å²) < 4.78 is 6.59. The summed E-state index contributed by atoms with van der Waals surface area (Å²) in [6.45, 7) is 0. The van der Waals surface area contributed by atoms with Crippen LogP contribution in [0.1, 0.15) is 22.2 Å². The molecular weight excluding hydrogens is 194 g/mol. The molecule has 2 rings (SSSR count). The summed E-state index contributed by atoms with van der Waals surface area (Å²) in [5.41, 5.74) is 6.46. The molecule has 0 aliphatic carbocycles. The van der Waals surface area contributed by atoms with Gasteiger partial charge < -0.3 is 10.2 Å². The topological polar surface area (TPSA) is 74.0 Å². The maximum absolute atomic E-state index is 11.8. The average Bonchev–Trinajstić information content (AvgIpc) is 2.85. The molecule has 0 aliphatic heterocycles. The lowest BCUT2D eigenvalue weighted by molar-refractivity contribution is 0.0934. The second-order valence-electron chi connectivity index (χ2n) is 3.27. The molecule has 1 atom stereocenters. The summed E-state index contributed by atoms with van der Waals surface area (Å²) in [6.07, 6.45) is 4.74. The van der Waals surface area contributed by atoms with Gasteiger partial charge in [-0.3, -0.25) is 9.48 Å². The quantitative estimate of drug-likeness (QED) is 0.755. The molecule has 2 aromatic rings. The molecule has 2 heterocycles. The summed E-state index contributed by atoms with van der Waals surface area (Å²) in [6, 6.07) is 2.53. The van der Waals surface area contributed by atoms with E-state index >= 15 is 0 Å². The van der Waals surface area contributed by atoms with Crippen molar-refractivity contribution < 1.29 is 9.21 Å². The summed E-state index contributed by atoms with van der Waals surface area (Å²) in [7, 11) is 1.77. The van der Waals surface area contributed by atoms with Gasteiger partial charge in [0.15, 0.2) is 5.76 Å². The number of hydrogen-bond donors (Lipinski definition) is 1. The number of ketones is 1. The zero-order valence-electron chi connectivity index (χ0n) is 8.25. The summed E-state index contributed by atoms with van der Waals surface area (Å²) in [5, 5.41) is 3.96. The van der Waals surface area contributed by atoms with E-state index in [0.29, 0.717) is 5.56 Å². The van der Waals surface area contributed by atoms with Gasteiger partial charge in [-0.05, 0) is 12.1 Å². The number of rotatable bonds is 3. The first-order valence-corrected chi connectivity index (χ1v) is 4.50. The van der Waals surface area contributed by atoms with Crippen LogP contribution in [0.4, 0.5) is 0 Å². The van der Waals surface area contributed by atoms with Crippen molar-refractivity contribution in [3.8, 4) is 0 Å². The van der Waals surface area contributed by atoms with Gasteiger partial charge in [0.25, 0.3) is 0 Å². The van der Waals surface area contributed by atoms with Crippen molar-refractivity contribution in [2.24, 2.45) is 12.8 Å². The molecule has 0 fully saturated rings. The maximum Gasteiger partial charge on any atom is 0.219 e. The van der Waals surface area contributed by atoms with E-state index in [4.69, 9.17) is 10.2 Å². The lowest BCUT2D eigenvalue weighted by Gasteiger charge is -2.04. The van der Waals surface area contributed by atoms with Crippen molar-refractivity contribution in [1.29, 1.82) is 0 Å². The molecule has 0 spiro atoms. The Morgan fingerprint density at radius 3 is 3.00 bits per heavy atom. The molecule has 0 aromatic carbocycles. The van der Waals surface area contributed by atoms with Crippen LogP contribution in [0.2, 0.25) is 0 Å². The third kappa shape index (κ3) is 1.82. The van der Waals surface area contributed by atoms with E-state index in [1.165, 1.54) is 6.26 Å². The Hall–Kier alpha value is -1.88. The Balaban J connectivity index is 2.22. The van der Waals surface area contributed by atoms with Crippen LogP contribution in [0.3, 0.4) is 0 Å². The highest BCUT2D eigenvalue weighted by atomic mass is 16.3. The zero-order chi connectivity index (χ0) is 10.8. The number of aryl methyl sites for hydroxylation is 1. The average molecular weight is 205 g/mol. The Bertz CT molecular complexity index is 459. The molecule has 0 saturated heterocycles. The minimum Gasteiger partial charge on any atom is -0.461 e. The first-order chi connectivity index (χ1) is 7.18. The SMILES string of the molecule is Cn1cc(C(N)C(=O)c2ccco2)cn1. The fraction of sp³-hybridized carbons (Fsp3) is 0.200. The van der Waals surface area contributed by atoms with E-state index in [2.05, 4.69) is 5.10 Å². The molecule has 0 saturated carbocycles. The van der Waals surface area contributed by atoms with Crippen LogP contribution in [0.15, 0.2) is 35.2 Å². The maximum atomic E-state index is 11.8. The van der Waals surface area contributed by atoms with Crippen LogP contribution < -0.4 is 5.73 Å². The van der Waals surface area contributed by atoms with Crippen molar-refractivity contribution in [2.45, 2.75) is 6.04 Å². The van der Waals surface area contributed by atoms with Gasteiger partial charge in [-0.25, -0.2) is 0 Å². The number of nitrogens with zero attached hydrogens (tertiary/aromatic N) is 2. The van der Waals surface area contributed by atoms with Crippen molar-refractivity contribution >= 4 is 5.78 Å². The number of Topliss-reactive ketones (excluding diaryl/α,β-unsaturated/α-hetero) is 1. The standard InChI is InChI=1S/C10H11N3O2/c1-13-6-7(5-12-13)9(11)10(14)8-3-2-4-15-8/h2-6,9H,11H2,1H3. The predicted molar refractivity (Wildman–Crippen MR) is 53.2 cm³/mol. The number of hydrogen-bond acceptors (Lipinski definition) is 4. The Labute approximate surface area is 86.5 Å². The number of carbonyl (C=O) groups is 1. The van der Waals surface area contributed by atoms with Crippen LogP contribution in [0.5, 0.6) is 0 Å². The van der Waals surface area contributed by atoms with Gasteiger partial charge >= 0.3 is 0 Å². The predicted octanol–water partition coefficient (Wildman–Crippen LogP) is 0.896. The number of furan rings is 1. The largest absolute Gasteiger partial charge is 0.461 e. The molecule has 5 heteroatoms. The third-order valence-corrected chi connectivity index (χ3v) is 2.13. The first kappa shape index (κ1) is 9.67. The molecule has 0 bridgehead atoms. The van der Waals surface area contributed by atoms with Gasteiger partial charge in [-0.1, -0.05) is 0 Å². The molecule has 5 nitrogen and oxygen atoms in total. The second-order valence-corrected chi connectivity index (χ2v) is 3.27. The van der Waals surface area contributed by atoms with Crippen molar-refractivity contribution in [2.75, 3.05) is 0 Å². The lowest BCUT2D eigenvalue weighted by atomic mass is 10.1. The summed E-state index contributed by atoms with van der Waals surface area (Å²) in [4.78, 5) is 11.8. The van der Waals surface area contributed by atoms with Gasteiger partial charge in [0.1, 0.15) is 6.04 Å². The highest BCUT2D eigenvalue weighted by Gasteiger charge is 2.20. The van der Waals surface area contributed by atoms with Gasteiger partial charge in [0.05, 0.1) is 12.5 Å². The van der Waals surface area contributed by atoms with E-state index in [0.717, 1.165) is 0 Å². The smallest absolute Gasteiger partial charge is 0.219 e. The molecular formula is C10H11N3O2. The van der Waals surface area contributed by atoms with Crippen molar-refractivity contribution in [3.63, 3.8) is 0 Å². The lowest BCUT2D eigenvalue weighted by Crippen LogP contribution is -2.20. The Morgan fingerprint density at radius 1 is 1.67 bits per heavy atom. The monoisotopic (exact) mass is 205 g/mol. The number of nitrogens with two attached hydrogens (primary N) is 1. The molecule has 0 radical (unpaired) electrons. The molecule has 0 aliphatic rings. The Kier molecular flexibility index (Phi) is 2.39. The third-order valence-electron chi connectivity index (χ3n) is 2.13. The van der Waals surface area contributed by atoms with E-state index in [9.17, 15) is 4.79 Å². The van der Waals surface area contributed by atoms with Crippen molar-refractivity contribution in [3.05, 3.63) is 42.1 Å². The van der Waals surface area contributed by atoms with E-state index in [1.54, 1.807) is 36.3 Å². The molecule has 1 unspecified atom stereocenters. The molecule has 0 amide bonds. The van der Waals surface area contributed by atoms with Crippen LogP contribution in [-0.2, 0) is 7.05 Å². The zero-order valence-corrected chi connectivity index (χ0v) is 8.25. The number of aromatic nitrogens is 2. The Morgan fingerprint density at radius 2 is 2.47 bits per heavy atom.